The Morgan fingerprint density at radius 2 is 1.87 bits per heavy atom. The largest absolute Gasteiger partial charge is 0.338 e. The van der Waals surface area contributed by atoms with Gasteiger partial charge in [0, 0.05) is 12.6 Å². The van der Waals surface area contributed by atoms with Crippen LogP contribution in [0.5, 0.6) is 0 Å². The van der Waals surface area contributed by atoms with Crippen LogP contribution in [0.25, 0.3) is 0 Å². The molecule has 23 heavy (non-hydrogen) atoms. The third-order valence-corrected chi connectivity index (χ3v) is 7.43. The van der Waals surface area contributed by atoms with Crippen molar-refractivity contribution in [3.05, 3.63) is 0 Å². The van der Waals surface area contributed by atoms with Crippen LogP contribution in [0.15, 0.2) is 0 Å². The van der Waals surface area contributed by atoms with Crippen LogP contribution in [0.3, 0.4) is 0 Å². The number of likely N-dealkylation sites (tertiary alicyclic amines) is 1. The zero-order valence-corrected chi connectivity index (χ0v) is 15.2. The summed E-state index contributed by atoms with van der Waals surface area (Å²) in [6.45, 7) is 8.01. The van der Waals surface area contributed by atoms with Crippen molar-refractivity contribution in [3.8, 4) is 0 Å². The maximum absolute atomic E-state index is 12.0. The lowest BCUT2D eigenvalue weighted by Gasteiger charge is -2.32. The standard InChI is InChI=1S/C16H31N3O3S/c1-3-8-19-9-6-14(7-10-19)11-17-16(20)18-15-5-4-13(2)23(21,22)12-15/h13-15H,3-12H2,1-2H3,(H2,17,18,20). The Kier molecular flexibility index (Phi) is 6.71. The van der Waals surface area contributed by atoms with Crippen LogP contribution in [0.4, 0.5) is 4.79 Å². The summed E-state index contributed by atoms with van der Waals surface area (Å²) >= 11 is 0. The maximum Gasteiger partial charge on any atom is 0.315 e. The molecule has 2 saturated heterocycles. The first kappa shape index (κ1) is 18.5. The number of hydrogen-bond donors (Lipinski definition) is 2. The second-order valence-electron chi connectivity index (χ2n) is 7.05. The highest BCUT2D eigenvalue weighted by Gasteiger charge is 2.32. The Bertz CT molecular complexity index is 487. The first-order valence-corrected chi connectivity index (χ1v) is 10.6. The summed E-state index contributed by atoms with van der Waals surface area (Å²) in [5, 5.41) is 5.47. The van der Waals surface area contributed by atoms with Gasteiger partial charge < -0.3 is 15.5 Å². The van der Waals surface area contributed by atoms with Crippen LogP contribution in [-0.4, -0.2) is 62.6 Å². The van der Waals surface area contributed by atoms with Crippen molar-refractivity contribution in [1.29, 1.82) is 0 Å². The van der Waals surface area contributed by atoms with Gasteiger partial charge in [-0.2, -0.15) is 0 Å². The van der Waals surface area contributed by atoms with Crippen LogP contribution in [0.1, 0.15) is 46.0 Å². The quantitative estimate of drug-likeness (QED) is 0.789. The minimum absolute atomic E-state index is 0.0665. The van der Waals surface area contributed by atoms with Crippen molar-refractivity contribution in [2.75, 3.05) is 31.9 Å². The third kappa shape index (κ3) is 5.64. The summed E-state index contributed by atoms with van der Waals surface area (Å²) < 4.78 is 23.8. The van der Waals surface area contributed by atoms with Crippen molar-refractivity contribution in [1.82, 2.24) is 15.5 Å². The molecular weight excluding hydrogens is 314 g/mol. The second-order valence-corrected chi connectivity index (χ2v) is 9.52. The van der Waals surface area contributed by atoms with E-state index in [-0.39, 0.29) is 23.1 Å². The molecule has 2 atom stereocenters. The molecular formula is C16H31N3O3S. The average Bonchev–Trinajstić information content (AvgIpc) is 2.50. The smallest absolute Gasteiger partial charge is 0.315 e. The number of urea groups is 1. The fourth-order valence-corrected chi connectivity index (χ4v) is 5.10. The molecule has 134 valence electrons. The molecule has 2 aliphatic heterocycles. The second kappa shape index (κ2) is 8.33. The summed E-state index contributed by atoms with van der Waals surface area (Å²) in [5.74, 6) is 0.598. The highest BCUT2D eigenvalue weighted by Crippen LogP contribution is 2.19. The highest BCUT2D eigenvalue weighted by molar-refractivity contribution is 7.92. The van der Waals surface area contributed by atoms with E-state index in [9.17, 15) is 13.2 Å². The number of rotatable bonds is 5. The lowest BCUT2D eigenvalue weighted by molar-refractivity contribution is 0.181. The summed E-state index contributed by atoms with van der Waals surface area (Å²) in [6.07, 6.45) is 4.80. The van der Waals surface area contributed by atoms with Crippen LogP contribution in [-0.2, 0) is 9.84 Å². The van der Waals surface area contributed by atoms with Gasteiger partial charge in [0.05, 0.1) is 11.0 Å². The zero-order valence-electron chi connectivity index (χ0n) is 14.4. The predicted molar refractivity (Wildman–Crippen MR) is 92.3 cm³/mol. The molecule has 0 aliphatic carbocycles. The summed E-state index contributed by atoms with van der Waals surface area (Å²) in [5.41, 5.74) is 0. The normalized spacial score (nSPS) is 29.1. The number of nitrogens with one attached hydrogen (secondary N) is 2. The van der Waals surface area contributed by atoms with E-state index in [2.05, 4.69) is 22.5 Å². The number of nitrogens with zero attached hydrogens (tertiary/aromatic N) is 1. The van der Waals surface area contributed by atoms with Gasteiger partial charge in [0.15, 0.2) is 9.84 Å². The molecule has 0 radical (unpaired) electrons. The SMILES string of the molecule is CCCN1CCC(CNC(=O)NC2CCC(C)S(=O)(=O)C2)CC1. The Balaban J connectivity index is 1.66. The first-order chi connectivity index (χ1) is 10.9. The molecule has 0 spiro atoms. The molecule has 2 aliphatic rings. The molecule has 2 rings (SSSR count). The van der Waals surface area contributed by atoms with E-state index in [0.717, 1.165) is 38.9 Å². The minimum Gasteiger partial charge on any atom is -0.338 e. The zero-order chi connectivity index (χ0) is 16.9. The van der Waals surface area contributed by atoms with Crippen molar-refractivity contribution in [2.45, 2.75) is 57.2 Å². The number of piperidine rings is 1. The minimum atomic E-state index is -3.05. The summed E-state index contributed by atoms with van der Waals surface area (Å²) in [4.78, 5) is 14.5. The van der Waals surface area contributed by atoms with E-state index in [1.165, 1.54) is 6.42 Å². The van der Waals surface area contributed by atoms with Crippen molar-refractivity contribution < 1.29 is 13.2 Å². The third-order valence-electron chi connectivity index (χ3n) is 5.10. The molecule has 2 amide bonds. The fraction of sp³-hybridized carbons (Fsp3) is 0.938. The molecule has 2 heterocycles. The number of hydrogen-bond acceptors (Lipinski definition) is 4. The van der Waals surface area contributed by atoms with Gasteiger partial charge in [0.1, 0.15) is 0 Å². The number of amides is 2. The van der Waals surface area contributed by atoms with Gasteiger partial charge in [-0.1, -0.05) is 6.92 Å². The Morgan fingerprint density at radius 3 is 2.48 bits per heavy atom. The molecule has 0 aromatic heterocycles. The van der Waals surface area contributed by atoms with Crippen LogP contribution >= 0.6 is 0 Å². The summed E-state index contributed by atoms with van der Waals surface area (Å²) in [6, 6.07) is -0.474. The maximum atomic E-state index is 12.0. The number of carbonyl (C=O) groups is 1. The topological polar surface area (TPSA) is 78.5 Å². The van der Waals surface area contributed by atoms with E-state index in [4.69, 9.17) is 0 Å². The highest BCUT2D eigenvalue weighted by atomic mass is 32.2. The molecule has 0 bridgehead atoms. The van der Waals surface area contributed by atoms with Crippen molar-refractivity contribution in [2.24, 2.45) is 5.92 Å². The monoisotopic (exact) mass is 345 g/mol. The molecule has 2 unspecified atom stereocenters. The molecule has 2 N–H and O–H groups in total. The van der Waals surface area contributed by atoms with E-state index in [1.54, 1.807) is 6.92 Å². The average molecular weight is 346 g/mol. The molecule has 6 nitrogen and oxygen atoms in total. The van der Waals surface area contributed by atoms with Gasteiger partial charge in [-0.3, -0.25) is 0 Å². The van der Waals surface area contributed by atoms with Gasteiger partial charge in [-0.05, 0) is 64.6 Å². The van der Waals surface area contributed by atoms with Gasteiger partial charge in [0.2, 0.25) is 0 Å². The molecule has 0 saturated carbocycles. The molecule has 7 heteroatoms. The fourth-order valence-electron chi connectivity index (χ4n) is 3.46. The van der Waals surface area contributed by atoms with E-state index in [1.807, 2.05) is 0 Å². The Morgan fingerprint density at radius 1 is 1.17 bits per heavy atom. The lowest BCUT2D eigenvalue weighted by Crippen LogP contribution is -2.50. The Labute approximate surface area is 140 Å². The van der Waals surface area contributed by atoms with E-state index >= 15 is 0 Å². The lowest BCUT2D eigenvalue weighted by atomic mass is 9.97. The van der Waals surface area contributed by atoms with Gasteiger partial charge in [0.25, 0.3) is 0 Å². The van der Waals surface area contributed by atoms with Crippen molar-refractivity contribution >= 4 is 15.9 Å². The predicted octanol–water partition coefficient (Wildman–Crippen LogP) is 1.37. The molecule has 0 aromatic rings. The summed E-state index contributed by atoms with van der Waals surface area (Å²) in [7, 11) is -3.05. The van der Waals surface area contributed by atoms with Crippen LogP contribution in [0, 0.1) is 5.92 Å². The van der Waals surface area contributed by atoms with Gasteiger partial charge in [-0.15, -0.1) is 0 Å². The number of carbonyl (C=O) groups excluding carboxylic acids is 1. The van der Waals surface area contributed by atoms with Crippen LogP contribution in [0.2, 0.25) is 0 Å². The Hall–Kier alpha value is -0.820. The molecule has 2 fully saturated rings. The van der Waals surface area contributed by atoms with Gasteiger partial charge in [-0.25, -0.2) is 13.2 Å². The number of sulfone groups is 1. The van der Waals surface area contributed by atoms with Crippen LogP contribution < -0.4 is 10.6 Å². The van der Waals surface area contributed by atoms with Crippen molar-refractivity contribution in [3.63, 3.8) is 0 Å². The van der Waals surface area contributed by atoms with Gasteiger partial charge >= 0.3 is 6.03 Å². The van der Waals surface area contributed by atoms with E-state index < -0.39 is 9.84 Å². The van der Waals surface area contributed by atoms with E-state index in [0.29, 0.717) is 18.9 Å². The molecule has 0 aromatic carbocycles. The first-order valence-electron chi connectivity index (χ1n) is 8.89.